The average molecular weight is 298 g/mol. The van der Waals surface area contributed by atoms with Gasteiger partial charge >= 0.3 is 6.03 Å². The lowest BCUT2D eigenvalue weighted by Gasteiger charge is -2.23. The van der Waals surface area contributed by atoms with Gasteiger partial charge in [-0.1, -0.05) is 6.07 Å². The van der Waals surface area contributed by atoms with Crippen molar-refractivity contribution in [2.45, 2.75) is 32.1 Å². The van der Waals surface area contributed by atoms with Crippen LogP contribution in [0.25, 0.3) is 0 Å². The van der Waals surface area contributed by atoms with Crippen LogP contribution in [0.3, 0.4) is 0 Å². The number of likely N-dealkylation sites (tertiary alicyclic amines) is 1. The van der Waals surface area contributed by atoms with Crippen LogP contribution in [0.2, 0.25) is 0 Å². The largest absolute Gasteiger partial charge is 0.467 e. The summed E-state index contributed by atoms with van der Waals surface area (Å²) in [6.45, 7) is 2.04. The molecule has 2 aromatic rings. The van der Waals surface area contributed by atoms with Gasteiger partial charge in [-0.3, -0.25) is 0 Å². The van der Waals surface area contributed by atoms with Crippen molar-refractivity contribution in [2.75, 3.05) is 11.9 Å². The molecule has 2 aliphatic heterocycles. The van der Waals surface area contributed by atoms with E-state index in [1.807, 2.05) is 35.2 Å². The molecule has 0 radical (unpaired) electrons. The van der Waals surface area contributed by atoms with Crippen LogP contribution in [0, 0.1) is 0 Å². The van der Waals surface area contributed by atoms with E-state index in [-0.39, 0.29) is 12.1 Å². The molecule has 114 valence electrons. The summed E-state index contributed by atoms with van der Waals surface area (Å²) in [4.78, 5) is 14.4. The molecule has 0 aliphatic carbocycles. The fraction of sp³-hybridized carbons (Fsp3) is 0.353. The first-order chi connectivity index (χ1) is 10.8. The van der Waals surface area contributed by atoms with Crippen LogP contribution in [0.5, 0.6) is 0 Å². The van der Waals surface area contributed by atoms with E-state index in [0.29, 0.717) is 13.2 Å². The molecule has 1 aromatic heterocycles. The van der Waals surface area contributed by atoms with Gasteiger partial charge in [0.25, 0.3) is 0 Å². The highest BCUT2D eigenvalue weighted by molar-refractivity contribution is 5.90. The monoisotopic (exact) mass is 298 g/mol. The maximum Gasteiger partial charge on any atom is 0.322 e. The van der Waals surface area contributed by atoms with Gasteiger partial charge in [0.2, 0.25) is 0 Å². The number of urea groups is 1. The van der Waals surface area contributed by atoms with Gasteiger partial charge in [-0.25, -0.2) is 4.79 Å². The summed E-state index contributed by atoms with van der Waals surface area (Å²) in [5.74, 6) is 0.856. The van der Waals surface area contributed by atoms with E-state index >= 15 is 0 Å². The third-order valence-electron chi connectivity index (χ3n) is 4.36. The van der Waals surface area contributed by atoms with E-state index in [0.717, 1.165) is 36.4 Å². The van der Waals surface area contributed by atoms with Gasteiger partial charge in [0.15, 0.2) is 0 Å². The maximum atomic E-state index is 12.6. The molecule has 2 aliphatic rings. The first-order valence-electron chi connectivity index (χ1n) is 7.62. The van der Waals surface area contributed by atoms with E-state index < -0.39 is 0 Å². The molecule has 1 aromatic carbocycles. The van der Waals surface area contributed by atoms with Gasteiger partial charge in [-0.2, -0.15) is 0 Å². The molecular formula is C17H18N2O3. The van der Waals surface area contributed by atoms with Crippen LogP contribution in [0.15, 0.2) is 41.0 Å². The zero-order valence-electron chi connectivity index (χ0n) is 12.2. The van der Waals surface area contributed by atoms with Crippen LogP contribution >= 0.6 is 0 Å². The first-order valence-corrected chi connectivity index (χ1v) is 7.62. The molecule has 4 rings (SSSR count). The van der Waals surface area contributed by atoms with E-state index in [1.165, 1.54) is 5.56 Å². The van der Waals surface area contributed by atoms with Crippen LogP contribution < -0.4 is 5.32 Å². The first kappa shape index (κ1) is 13.4. The summed E-state index contributed by atoms with van der Waals surface area (Å²) in [5.41, 5.74) is 3.17. The number of ether oxygens (including phenoxy) is 1. The van der Waals surface area contributed by atoms with Crippen LogP contribution in [0.4, 0.5) is 10.5 Å². The maximum absolute atomic E-state index is 12.6. The number of fused-ring (bicyclic) bond motifs is 1. The number of nitrogens with zero attached hydrogens (tertiary/aromatic N) is 1. The molecule has 1 saturated heterocycles. The summed E-state index contributed by atoms with van der Waals surface area (Å²) in [7, 11) is 0. The quantitative estimate of drug-likeness (QED) is 0.920. The molecule has 5 nitrogen and oxygen atoms in total. The highest BCUT2D eigenvalue weighted by Gasteiger charge is 2.31. The molecule has 1 atom stereocenters. The fourth-order valence-corrected chi connectivity index (χ4v) is 3.23. The fourth-order valence-electron chi connectivity index (χ4n) is 3.23. The minimum absolute atomic E-state index is 0.0350. The number of carbonyl (C=O) groups excluding carboxylic acids is 1. The van der Waals surface area contributed by atoms with Gasteiger partial charge in [-0.05, 0) is 48.2 Å². The lowest BCUT2D eigenvalue weighted by molar-refractivity contribution is 0.134. The number of amides is 2. The lowest BCUT2D eigenvalue weighted by Crippen LogP contribution is -2.34. The van der Waals surface area contributed by atoms with Crippen LogP contribution in [0.1, 0.15) is 35.8 Å². The number of benzene rings is 1. The minimum Gasteiger partial charge on any atom is -0.467 e. The van der Waals surface area contributed by atoms with Gasteiger partial charge in [0, 0.05) is 12.2 Å². The third-order valence-corrected chi connectivity index (χ3v) is 4.36. The molecule has 1 fully saturated rings. The highest BCUT2D eigenvalue weighted by atomic mass is 16.5. The molecule has 22 heavy (non-hydrogen) atoms. The van der Waals surface area contributed by atoms with E-state index in [1.54, 1.807) is 6.26 Å². The van der Waals surface area contributed by atoms with Crippen molar-refractivity contribution in [3.8, 4) is 0 Å². The van der Waals surface area contributed by atoms with Crippen molar-refractivity contribution in [2.24, 2.45) is 0 Å². The second-order valence-electron chi connectivity index (χ2n) is 5.77. The summed E-state index contributed by atoms with van der Waals surface area (Å²) in [5, 5.41) is 3.00. The Hall–Kier alpha value is -2.27. The lowest BCUT2D eigenvalue weighted by atomic mass is 10.1. The molecule has 5 heteroatoms. The summed E-state index contributed by atoms with van der Waals surface area (Å²) >= 11 is 0. The third kappa shape index (κ3) is 2.37. The normalized spacial score (nSPS) is 20.2. The van der Waals surface area contributed by atoms with Gasteiger partial charge in [-0.15, -0.1) is 0 Å². The Kier molecular flexibility index (Phi) is 3.35. The van der Waals surface area contributed by atoms with Gasteiger partial charge in [0.05, 0.1) is 25.5 Å². The number of carbonyl (C=O) groups is 1. The topological polar surface area (TPSA) is 54.7 Å². The zero-order chi connectivity index (χ0) is 14.9. The number of hydrogen-bond acceptors (Lipinski definition) is 3. The summed E-state index contributed by atoms with van der Waals surface area (Å²) in [6, 6.07) is 9.71. The molecule has 0 bridgehead atoms. The van der Waals surface area contributed by atoms with Gasteiger partial charge < -0.3 is 19.4 Å². The average Bonchev–Trinajstić information content (AvgIpc) is 3.26. The minimum atomic E-state index is -0.0715. The van der Waals surface area contributed by atoms with Crippen LogP contribution in [-0.2, 0) is 18.0 Å². The van der Waals surface area contributed by atoms with Gasteiger partial charge in [0.1, 0.15) is 5.76 Å². The number of anilines is 1. The Bertz CT molecular complexity index is 681. The molecule has 0 saturated carbocycles. The summed E-state index contributed by atoms with van der Waals surface area (Å²) < 4.78 is 10.9. The molecule has 1 N–H and O–H groups in total. The van der Waals surface area contributed by atoms with E-state index in [9.17, 15) is 4.79 Å². The Morgan fingerprint density at radius 3 is 3.00 bits per heavy atom. The zero-order valence-corrected chi connectivity index (χ0v) is 12.2. The van der Waals surface area contributed by atoms with Crippen LogP contribution in [-0.4, -0.2) is 17.5 Å². The predicted molar refractivity (Wildman–Crippen MR) is 81.3 cm³/mol. The highest BCUT2D eigenvalue weighted by Crippen LogP contribution is 2.33. The number of nitrogens with one attached hydrogen (secondary N) is 1. The standard InChI is InChI=1S/C17H18N2O3/c20-17(18-14-6-5-12-10-21-11-13(12)9-14)19-7-1-3-15(19)16-4-2-8-22-16/h2,4-6,8-9,15H,1,3,7,10-11H2,(H,18,20)/t15-/m0/s1. The molecule has 0 unspecified atom stereocenters. The molecule has 3 heterocycles. The van der Waals surface area contributed by atoms with E-state index in [2.05, 4.69) is 5.32 Å². The van der Waals surface area contributed by atoms with Crippen molar-refractivity contribution in [1.29, 1.82) is 0 Å². The van der Waals surface area contributed by atoms with Crippen molar-refractivity contribution < 1.29 is 13.9 Å². The number of hydrogen-bond donors (Lipinski definition) is 1. The number of rotatable bonds is 2. The Morgan fingerprint density at radius 2 is 2.14 bits per heavy atom. The van der Waals surface area contributed by atoms with E-state index in [4.69, 9.17) is 9.15 Å². The predicted octanol–water partition coefficient (Wildman–Crippen LogP) is 3.68. The Morgan fingerprint density at radius 1 is 1.23 bits per heavy atom. The number of furan rings is 1. The molecule has 0 spiro atoms. The summed E-state index contributed by atoms with van der Waals surface area (Å²) in [6.07, 6.45) is 3.60. The van der Waals surface area contributed by atoms with Crippen molar-refractivity contribution in [3.05, 3.63) is 53.5 Å². The Labute approximate surface area is 128 Å². The van der Waals surface area contributed by atoms with Crippen molar-refractivity contribution >= 4 is 11.7 Å². The molecular weight excluding hydrogens is 280 g/mol. The SMILES string of the molecule is O=C(Nc1ccc2c(c1)COC2)N1CCC[C@H]1c1ccco1. The second kappa shape index (κ2) is 5.50. The Balaban J connectivity index is 1.49. The van der Waals surface area contributed by atoms with Crippen molar-refractivity contribution in [1.82, 2.24) is 4.90 Å². The molecule has 2 amide bonds. The second-order valence-corrected chi connectivity index (χ2v) is 5.77. The van der Waals surface area contributed by atoms with Crippen molar-refractivity contribution in [3.63, 3.8) is 0 Å². The smallest absolute Gasteiger partial charge is 0.322 e.